The molecular weight excluding hydrogens is 420 g/mol. The van der Waals surface area contributed by atoms with E-state index in [4.69, 9.17) is 0 Å². The summed E-state index contributed by atoms with van der Waals surface area (Å²) < 4.78 is 29.1. The van der Waals surface area contributed by atoms with E-state index in [0.717, 1.165) is 32.4 Å². The van der Waals surface area contributed by atoms with E-state index in [2.05, 4.69) is 40.1 Å². The molecule has 0 amide bonds. The number of rotatable bonds is 7. The number of aliphatic imine (C=N–C) groups is 1. The van der Waals surface area contributed by atoms with Gasteiger partial charge in [0.1, 0.15) is 22.5 Å². The Bertz CT molecular complexity index is 1140. The smallest absolute Gasteiger partial charge is 0.387 e. The van der Waals surface area contributed by atoms with Crippen molar-refractivity contribution in [2.45, 2.75) is 25.9 Å². The van der Waals surface area contributed by atoms with E-state index in [9.17, 15) is 13.6 Å². The maximum atomic E-state index is 12.4. The molecule has 0 atom stereocenters. The predicted octanol–water partition coefficient (Wildman–Crippen LogP) is 3.37. The van der Waals surface area contributed by atoms with Crippen LogP contribution in [-0.2, 0) is 0 Å². The van der Waals surface area contributed by atoms with Crippen LogP contribution in [0.25, 0.3) is 10.9 Å². The van der Waals surface area contributed by atoms with Crippen LogP contribution in [-0.4, -0.2) is 53.1 Å². The third kappa shape index (κ3) is 4.98. The zero-order chi connectivity index (χ0) is 22.5. The predicted molar refractivity (Wildman–Crippen MR) is 118 cm³/mol. The number of anilines is 3. The van der Waals surface area contributed by atoms with Gasteiger partial charge in [-0.1, -0.05) is 0 Å². The minimum absolute atomic E-state index is 0.0387. The summed E-state index contributed by atoms with van der Waals surface area (Å²) in [5, 5.41) is 9.62. The summed E-state index contributed by atoms with van der Waals surface area (Å²) in [4.78, 5) is 27.8. The van der Waals surface area contributed by atoms with E-state index in [-0.39, 0.29) is 11.1 Å². The summed E-state index contributed by atoms with van der Waals surface area (Å²) in [7, 11) is 1.78. The van der Waals surface area contributed by atoms with Crippen LogP contribution in [0.15, 0.2) is 40.2 Å². The van der Waals surface area contributed by atoms with Crippen LogP contribution in [0.1, 0.15) is 19.3 Å². The fourth-order valence-corrected chi connectivity index (χ4v) is 3.70. The van der Waals surface area contributed by atoms with Crippen molar-refractivity contribution in [1.29, 1.82) is 0 Å². The molecule has 0 radical (unpaired) electrons. The number of aromatic nitrogens is 4. The molecule has 0 bridgehead atoms. The molecule has 3 aromatic rings. The summed E-state index contributed by atoms with van der Waals surface area (Å²) >= 11 is 0. The van der Waals surface area contributed by atoms with Crippen molar-refractivity contribution in [3.63, 3.8) is 0 Å². The number of alkyl halides is 2. The van der Waals surface area contributed by atoms with Gasteiger partial charge in [-0.15, -0.1) is 0 Å². The lowest BCUT2D eigenvalue weighted by atomic mass is 9.94. The Morgan fingerprint density at radius 1 is 1.28 bits per heavy atom. The zero-order valence-corrected chi connectivity index (χ0v) is 17.5. The van der Waals surface area contributed by atoms with Gasteiger partial charge in [0.15, 0.2) is 0 Å². The van der Waals surface area contributed by atoms with E-state index < -0.39 is 12.2 Å². The molecule has 3 heterocycles. The first kappa shape index (κ1) is 21.6. The lowest BCUT2D eigenvalue weighted by Gasteiger charge is -2.31. The fraction of sp³-hybridized carbons (Fsp3) is 0.381. The summed E-state index contributed by atoms with van der Waals surface area (Å²) in [6.45, 7) is -1.31. The molecule has 9 nitrogen and oxygen atoms in total. The number of fused-ring (bicyclic) bond motifs is 1. The number of hydrogen-bond donors (Lipinski definition) is 2. The summed E-state index contributed by atoms with van der Waals surface area (Å²) in [6.07, 6.45) is 6.38. The van der Waals surface area contributed by atoms with Crippen LogP contribution in [0.5, 0.6) is 5.75 Å². The molecule has 1 aromatic carbocycles. The standard InChI is InChI=1S/C21H23F2N7O2/c1-24-9-6-13-7-10-30(11-8-13)21-27-16-12-25-29-19(31)17(16)18(28-21)26-14-2-4-15(5-3-14)32-20(22)23/h2-5,9,12-13,20H,6-8,10-11H2,1H3,(H,29,31)(H,26,27,28)/b24-9+. The van der Waals surface area contributed by atoms with Crippen molar-refractivity contribution in [1.82, 2.24) is 20.2 Å². The number of nitrogens with zero attached hydrogens (tertiary/aromatic N) is 5. The van der Waals surface area contributed by atoms with Crippen molar-refractivity contribution in [3.05, 3.63) is 40.8 Å². The van der Waals surface area contributed by atoms with Gasteiger partial charge in [0, 0.05) is 25.8 Å². The van der Waals surface area contributed by atoms with Gasteiger partial charge in [-0.25, -0.2) is 10.1 Å². The maximum Gasteiger partial charge on any atom is 0.387 e. The molecule has 0 unspecified atom stereocenters. The molecule has 1 aliphatic heterocycles. The summed E-state index contributed by atoms with van der Waals surface area (Å²) in [5.41, 5.74) is 0.553. The lowest BCUT2D eigenvalue weighted by Crippen LogP contribution is -2.35. The molecule has 2 N–H and O–H groups in total. The van der Waals surface area contributed by atoms with Crippen molar-refractivity contribution in [3.8, 4) is 5.75 Å². The monoisotopic (exact) mass is 443 g/mol. The molecule has 0 aliphatic carbocycles. The second-order valence-electron chi connectivity index (χ2n) is 7.47. The van der Waals surface area contributed by atoms with Crippen LogP contribution in [0, 0.1) is 5.92 Å². The minimum atomic E-state index is -2.90. The highest BCUT2D eigenvalue weighted by molar-refractivity contribution is 5.90. The van der Waals surface area contributed by atoms with E-state index >= 15 is 0 Å². The van der Waals surface area contributed by atoms with Crippen molar-refractivity contribution >= 4 is 34.6 Å². The number of piperidine rings is 1. The number of aromatic amines is 1. The SMILES string of the molecule is C/N=C/CC1CCN(c2nc(Nc3ccc(OC(F)F)cc3)c3c(=O)[nH]ncc3n2)CC1. The van der Waals surface area contributed by atoms with Gasteiger partial charge in [-0.2, -0.15) is 18.9 Å². The Morgan fingerprint density at radius 2 is 2.03 bits per heavy atom. The molecule has 1 saturated heterocycles. The number of hydrogen-bond acceptors (Lipinski definition) is 8. The number of halogens is 2. The average Bonchev–Trinajstić information content (AvgIpc) is 2.79. The Balaban J connectivity index is 1.61. The first-order chi connectivity index (χ1) is 15.5. The van der Waals surface area contributed by atoms with E-state index in [1.165, 1.54) is 18.3 Å². The normalized spacial score (nSPS) is 15.1. The summed E-state index contributed by atoms with van der Waals surface area (Å²) in [6, 6.07) is 5.97. The van der Waals surface area contributed by atoms with Crippen LogP contribution in [0.4, 0.5) is 26.2 Å². The fourth-order valence-electron chi connectivity index (χ4n) is 3.70. The van der Waals surface area contributed by atoms with Crippen LogP contribution < -0.4 is 20.5 Å². The van der Waals surface area contributed by atoms with Gasteiger partial charge in [-0.05, 0) is 55.7 Å². The molecule has 1 aliphatic rings. The van der Waals surface area contributed by atoms with Gasteiger partial charge in [0.2, 0.25) is 5.95 Å². The molecular formula is C21H23F2N7O2. The highest BCUT2D eigenvalue weighted by Crippen LogP contribution is 2.28. The van der Waals surface area contributed by atoms with Gasteiger partial charge in [0.05, 0.1) is 6.20 Å². The first-order valence-electron chi connectivity index (χ1n) is 10.3. The molecule has 168 valence electrons. The van der Waals surface area contributed by atoms with Gasteiger partial charge in [-0.3, -0.25) is 4.79 Å². The molecule has 1 fully saturated rings. The van der Waals surface area contributed by atoms with E-state index in [1.54, 1.807) is 19.2 Å². The molecule has 32 heavy (non-hydrogen) atoms. The topological polar surface area (TPSA) is 108 Å². The lowest BCUT2D eigenvalue weighted by molar-refractivity contribution is -0.0498. The highest BCUT2D eigenvalue weighted by atomic mass is 19.3. The Kier molecular flexibility index (Phi) is 6.52. The van der Waals surface area contributed by atoms with Crippen molar-refractivity contribution < 1.29 is 13.5 Å². The molecule has 2 aromatic heterocycles. The van der Waals surface area contributed by atoms with Gasteiger partial charge in [0.25, 0.3) is 5.56 Å². The van der Waals surface area contributed by atoms with E-state index in [0.29, 0.717) is 28.9 Å². The van der Waals surface area contributed by atoms with Crippen molar-refractivity contribution in [2.24, 2.45) is 10.9 Å². The number of benzene rings is 1. The van der Waals surface area contributed by atoms with Gasteiger partial charge < -0.3 is 19.9 Å². The van der Waals surface area contributed by atoms with Gasteiger partial charge >= 0.3 is 6.61 Å². The van der Waals surface area contributed by atoms with Crippen LogP contribution in [0.2, 0.25) is 0 Å². The second kappa shape index (κ2) is 9.67. The van der Waals surface area contributed by atoms with Crippen LogP contribution >= 0.6 is 0 Å². The third-order valence-corrected chi connectivity index (χ3v) is 5.37. The Labute approximate surface area is 182 Å². The number of ether oxygens (including phenoxy) is 1. The van der Waals surface area contributed by atoms with Crippen molar-refractivity contribution in [2.75, 3.05) is 30.4 Å². The zero-order valence-electron chi connectivity index (χ0n) is 17.5. The minimum Gasteiger partial charge on any atom is -0.435 e. The molecule has 0 saturated carbocycles. The summed E-state index contributed by atoms with van der Waals surface area (Å²) in [5.74, 6) is 1.44. The Morgan fingerprint density at radius 3 is 2.72 bits per heavy atom. The average molecular weight is 443 g/mol. The molecule has 4 rings (SSSR count). The van der Waals surface area contributed by atoms with Crippen LogP contribution in [0.3, 0.4) is 0 Å². The molecule has 0 spiro atoms. The molecule has 11 heteroatoms. The third-order valence-electron chi connectivity index (χ3n) is 5.37. The highest BCUT2D eigenvalue weighted by Gasteiger charge is 2.22. The maximum absolute atomic E-state index is 12.4. The largest absolute Gasteiger partial charge is 0.435 e. The first-order valence-corrected chi connectivity index (χ1v) is 10.3. The number of H-pyrrole nitrogens is 1. The number of nitrogens with one attached hydrogen (secondary N) is 2. The second-order valence-corrected chi connectivity index (χ2v) is 7.47. The quantitative estimate of drug-likeness (QED) is 0.539. The van der Waals surface area contributed by atoms with E-state index in [1.807, 2.05) is 6.21 Å². The Hall–Kier alpha value is -3.63.